The Morgan fingerprint density at radius 1 is 1.17 bits per heavy atom. The number of H-pyrrole nitrogens is 1. The highest BCUT2D eigenvalue weighted by atomic mass is 79.9. The summed E-state index contributed by atoms with van der Waals surface area (Å²) in [5.41, 5.74) is -0.0558. The first-order valence-corrected chi connectivity index (χ1v) is 9.85. The van der Waals surface area contributed by atoms with E-state index >= 15 is 0 Å². The minimum atomic E-state index is -0.565. The van der Waals surface area contributed by atoms with E-state index in [1.54, 1.807) is 12.1 Å². The molecule has 0 saturated heterocycles. The molecule has 0 bridgehead atoms. The van der Waals surface area contributed by atoms with E-state index in [1.165, 1.54) is 16.8 Å². The number of pyridine rings is 1. The van der Waals surface area contributed by atoms with Gasteiger partial charge >= 0.3 is 5.69 Å². The Morgan fingerprint density at radius 3 is 2.62 bits per heavy atom. The van der Waals surface area contributed by atoms with Crippen LogP contribution in [0.2, 0.25) is 0 Å². The maximum absolute atomic E-state index is 12.8. The normalized spacial score (nSPS) is 15.3. The van der Waals surface area contributed by atoms with Gasteiger partial charge < -0.3 is 14.8 Å². The van der Waals surface area contributed by atoms with E-state index in [0.717, 1.165) is 12.8 Å². The van der Waals surface area contributed by atoms with Crippen molar-refractivity contribution in [3.8, 4) is 11.5 Å². The molecule has 1 aromatic carbocycles. The molecule has 29 heavy (non-hydrogen) atoms. The van der Waals surface area contributed by atoms with E-state index in [9.17, 15) is 14.4 Å². The molecule has 1 fully saturated rings. The van der Waals surface area contributed by atoms with Crippen LogP contribution in [0.1, 0.15) is 29.2 Å². The number of benzene rings is 1. The first-order valence-electron chi connectivity index (χ1n) is 9.06. The Labute approximate surface area is 171 Å². The molecule has 1 saturated carbocycles. The highest BCUT2D eigenvalue weighted by Gasteiger charge is 2.28. The summed E-state index contributed by atoms with van der Waals surface area (Å²) in [7, 11) is 0. The summed E-state index contributed by atoms with van der Waals surface area (Å²) in [5, 5.41) is 2.98. The summed E-state index contributed by atoms with van der Waals surface area (Å²) in [6, 6.07) is 4.88. The zero-order valence-electron chi connectivity index (χ0n) is 15.0. The molecule has 2 N–H and O–H groups in total. The third kappa shape index (κ3) is 3.19. The Morgan fingerprint density at radius 2 is 1.90 bits per heavy atom. The summed E-state index contributed by atoms with van der Waals surface area (Å²) >= 11 is 3.41. The van der Waals surface area contributed by atoms with Crippen molar-refractivity contribution in [2.24, 2.45) is 0 Å². The van der Waals surface area contributed by atoms with Gasteiger partial charge in [0.1, 0.15) is 18.9 Å². The lowest BCUT2D eigenvalue weighted by atomic mass is 10.2. The predicted molar refractivity (Wildman–Crippen MR) is 108 cm³/mol. The van der Waals surface area contributed by atoms with Crippen LogP contribution in [-0.2, 0) is 0 Å². The van der Waals surface area contributed by atoms with Gasteiger partial charge in [-0.05, 0) is 34.8 Å². The number of aromatic amines is 1. The number of hydrogen-bond donors (Lipinski definition) is 2. The van der Waals surface area contributed by atoms with Gasteiger partial charge in [0, 0.05) is 28.8 Å². The number of aromatic nitrogens is 3. The molecule has 3 aromatic rings. The minimum absolute atomic E-state index is 0.0442. The van der Waals surface area contributed by atoms with Crippen molar-refractivity contribution >= 4 is 38.6 Å². The zero-order chi connectivity index (χ0) is 20.1. The van der Waals surface area contributed by atoms with Crippen molar-refractivity contribution in [1.29, 1.82) is 0 Å². The Balaban J connectivity index is 1.50. The quantitative estimate of drug-likeness (QED) is 0.621. The second-order valence-corrected chi connectivity index (χ2v) is 7.74. The van der Waals surface area contributed by atoms with Crippen LogP contribution >= 0.6 is 15.9 Å². The van der Waals surface area contributed by atoms with Gasteiger partial charge in [-0.3, -0.25) is 19.1 Å². The van der Waals surface area contributed by atoms with Crippen molar-refractivity contribution in [2.45, 2.75) is 18.9 Å². The van der Waals surface area contributed by atoms with Gasteiger partial charge in [0.15, 0.2) is 11.5 Å². The fourth-order valence-electron chi connectivity index (χ4n) is 3.29. The van der Waals surface area contributed by atoms with Crippen molar-refractivity contribution in [3.63, 3.8) is 0 Å². The van der Waals surface area contributed by atoms with Crippen LogP contribution in [0.15, 0.2) is 38.5 Å². The maximum Gasteiger partial charge on any atom is 0.330 e. The molecule has 10 heteroatoms. The molecule has 0 radical (unpaired) electrons. The predicted octanol–water partition coefficient (Wildman–Crippen LogP) is 2.21. The molecular formula is C19H15BrN4O5. The molecule has 0 spiro atoms. The number of amides is 1. The van der Waals surface area contributed by atoms with Crippen LogP contribution in [0.5, 0.6) is 11.5 Å². The van der Waals surface area contributed by atoms with Crippen molar-refractivity contribution < 1.29 is 14.3 Å². The summed E-state index contributed by atoms with van der Waals surface area (Å²) in [5.74, 6) is 0.690. The molecule has 148 valence electrons. The molecule has 5 rings (SSSR count). The van der Waals surface area contributed by atoms with Gasteiger partial charge in [-0.15, -0.1) is 0 Å². The number of rotatable bonds is 3. The summed E-state index contributed by atoms with van der Waals surface area (Å²) in [6.45, 7) is 0.899. The van der Waals surface area contributed by atoms with E-state index in [4.69, 9.17) is 9.47 Å². The number of halogens is 1. The van der Waals surface area contributed by atoms with Crippen molar-refractivity contribution in [2.75, 3.05) is 18.5 Å². The highest BCUT2D eigenvalue weighted by molar-refractivity contribution is 9.10. The molecule has 0 atom stereocenters. The van der Waals surface area contributed by atoms with Crippen LogP contribution in [0.4, 0.5) is 5.69 Å². The van der Waals surface area contributed by atoms with Gasteiger partial charge in [-0.2, -0.15) is 0 Å². The van der Waals surface area contributed by atoms with Crippen LogP contribution in [-0.4, -0.2) is 33.7 Å². The molecule has 2 aromatic heterocycles. The lowest BCUT2D eigenvalue weighted by molar-refractivity contribution is 0.102. The van der Waals surface area contributed by atoms with Gasteiger partial charge in [0.2, 0.25) is 0 Å². The van der Waals surface area contributed by atoms with E-state index in [-0.39, 0.29) is 17.0 Å². The number of hydrogen-bond acceptors (Lipinski definition) is 6. The smallest absolute Gasteiger partial charge is 0.330 e. The number of carbonyl (C=O) groups is 1. The summed E-state index contributed by atoms with van der Waals surface area (Å²) < 4.78 is 13.2. The van der Waals surface area contributed by atoms with Gasteiger partial charge in [0.25, 0.3) is 11.5 Å². The number of carbonyl (C=O) groups excluding carboxylic acids is 1. The molecule has 1 aliphatic heterocycles. The first kappa shape index (κ1) is 17.9. The van der Waals surface area contributed by atoms with Gasteiger partial charge in [-0.1, -0.05) is 0 Å². The molecule has 1 amide bonds. The van der Waals surface area contributed by atoms with Crippen LogP contribution in [0.3, 0.4) is 0 Å². The number of anilines is 1. The lowest BCUT2D eigenvalue weighted by Gasteiger charge is -2.20. The fraction of sp³-hybridized carbons (Fsp3) is 0.263. The Kier molecular flexibility index (Phi) is 4.16. The molecule has 1 aliphatic carbocycles. The van der Waals surface area contributed by atoms with E-state index in [2.05, 4.69) is 31.2 Å². The second kappa shape index (κ2) is 6.73. The Hall–Kier alpha value is -3.14. The van der Waals surface area contributed by atoms with Gasteiger partial charge in [0.05, 0.1) is 16.6 Å². The summed E-state index contributed by atoms with van der Waals surface area (Å²) in [6.07, 6.45) is 3.09. The van der Waals surface area contributed by atoms with E-state index in [1.807, 2.05) is 0 Å². The van der Waals surface area contributed by atoms with Crippen LogP contribution in [0.25, 0.3) is 11.0 Å². The standard InChI is InChI=1S/C19H15BrN4O5/c20-12-6-14-15(29-4-3-28-14)7-13(12)22-17(25)9-5-11-16(21-8-9)24(10-1-2-10)19(27)23-18(11)26/h5-8,10H,1-4H2,(H,22,25)(H,23,26,27). The first-order chi connectivity index (χ1) is 14.0. The fourth-order valence-corrected chi connectivity index (χ4v) is 3.71. The molecular weight excluding hydrogens is 444 g/mol. The third-order valence-corrected chi connectivity index (χ3v) is 5.49. The van der Waals surface area contributed by atoms with Crippen LogP contribution < -0.4 is 26.0 Å². The minimum Gasteiger partial charge on any atom is -0.486 e. The largest absolute Gasteiger partial charge is 0.486 e. The van der Waals surface area contributed by atoms with E-state index < -0.39 is 17.2 Å². The number of ether oxygens (including phenoxy) is 2. The Bertz CT molecular complexity index is 1280. The van der Waals surface area contributed by atoms with Crippen molar-refractivity contribution in [1.82, 2.24) is 14.5 Å². The molecule has 2 aliphatic rings. The second-order valence-electron chi connectivity index (χ2n) is 6.89. The SMILES string of the molecule is O=C(Nc1cc2c(cc1Br)OCCO2)c1cnc2c(c1)c(=O)[nH]c(=O)n2C1CC1. The van der Waals surface area contributed by atoms with Crippen molar-refractivity contribution in [3.05, 3.63) is 55.3 Å². The highest BCUT2D eigenvalue weighted by Crippen LogP contribution is 2.38. The summed E-state index contributed by atoms with van der Waals surface area (Å²) in [4.78, 5) is 43.7. The number of fused-ring (bicyclic) bond motifs is 2. The molecule has 3 heterocycles. The number of nitrogens with one attached hydrogen (secondary N) is 2. The third-order valence-electron chi connectivity index (χ3n) is 4.83. The molecule has 9 nitrogen and oxygen atoms in total. The average molecular weight is 459 g/mol. The average Bonchev–Trinajstić information content (AvgIpc) is 3.53. The topological polar surface area (TPSA) is 115 Å². The molecule has 0 unspecified atom stereocenters. The monoisotopic (exact) mass is 458 g/mol. The van der Waals surface area contributed by atoms with E-state index in [0.29, 0.717) is 40.5 Å². The lowest BCUT2D eigenvalue weighted by Crippen LogP contribution is -2.30. The van der Waals surface area contributed by atoms with Crippen LogP contribution in [0, 0.1) is 0 Å². The number of nitrogens with zero attached hydrogens (tertiary/aromatic N) is 2. The zero-order valence-corrected chi connectivity index (χ0v) is 16.6. The maximum atomic E-state index is 12.8. The van der Waals surface area contributed by atoms with Gasteiger partial charge in [-0.25, -0.2) is 9.78 Å².